The van der Waals surface area contributed by atoms with Crippen LogP contribution in [0.4, 0.5) is 11.8 Å². The number of benzene rings is 2. The normalized spacial score (nSPS) is 12.1. The molecule has 14 heteroatoms. The minimum Gasteiger partial charge on any atom is -0.493 e. The zero-order chi connectivity index (χ0) is 41.2. The van der Waals surface area contributed by atoms with Crippen molar-refractivity contribution < 1.29 is 28.7 Å². The van der Waals surface area contributed by atoms with E-state index in [0.717, 1.165) is 54.4 Å². The molecule has 0 aliphatic heterocycles. The Kier molecular flexibility index (Phi) is 17.4. The van der Waals surface area contributed by atoms with Gasteiger partial charge in [-0.05, 0) is 61.3 Å². The number of carbonyl (C=O) groups is 4. The quantitative estimate of drug-likeness (QED) is 0.0658. The first-order chi connectivity index (χ1) is 27.4. The number of anilines is 2. The number of unbranched alkanes of at least 4 members (excludes halogenated alkanes) is 4. The molecule has 0 radical (unpaired) electrons. The molecule has 0 fully saturated rings. The maximum atomic E-state index is 13.7. The Morgan fingerprint density at radius 1 is 0.895 bits per heavy atom. The van der Waals surface area contributed by atoms with Crippen LogP contribution in [-0.4, -0.2) is 69.6 Å². The van der Waals surface area contributed by atoms with Gasteiger partial charge in [0.05, 0.1) is 19.3 Å². The fourth-order valence-corrected chi connectivity index (χ4v) is 6.58. The molecular weight excluding hydrogens is 725 g/mol. The number of nitrogens with one attached hydrogen (secondary N) is 2. The maximum Gasteiger partial charge on any atom is 0.272 e. The van der Waals surface area contributed by atoms with Gasteiger partial charge in [0.15, 0.2) is 23.1 Å². The van der Waals surface area contributed by atoms with E-state index in [1.807, 2.05) is 63.2 Å². The molecule has 2 aromatic heterocycles. The van der Waals surface area contributed by atoms with E-state index in [4.69, 9.17) is 20.9 Å². The lowest BCUT2D eigenvalue weighted by Gasteiger charge is -2.22. The lowest BCUT2D eigenvalue weighted by atomic mass is 9.88. The summed E-state index contributed by atoms with van der Waals surface area (Å²) in [5.41, 5.74) is 15.1. The van der Waals surface area contributed by atoms with Gasteiger partial charge in [-0.3, -0.25) is 24.2 Å². The molecule has 0 saturated heterocycles. The number of nitrogens with two attached hydrogens (primary N) is 2. The molecule has 14 nitrogen and oxygen atoms in total. The monoisotopic (exact) mass is 780 g/mol. The SMILES string of the molecule is COc1cc(Cc2cnc(N)nc2N)cc(C)c1OCC(=O)CCCCCCCNC(=O)[C@@H](CC(=O)[C@H](Cc1ccccc1)NC(=O)c1cnccn1)CC(C)C. The highest BCUT2D eigenvalue weighted by molar-refractivity contribution is 5.97. The zero-order valence-corrected chi connectivity index (χ0v) is 33.5. The molecule has 304 valence electrons. The average molecular weight is 781 g/mol. The number of nitrogen functional groups attached to an aromatic ring is 2. The van der Waals surface area contributed by atoms with E-state index in [-0.39, 0.29) is 48.1 Å². The lowest BCUT2D eigenvalue weighted by molar-refractivity contribution is -0.130. The van der Waals surface area contributed by atoms with Crippen LogP contribution >= 0.6 is 0 Å². The summed E-state index contributed by atoms with van der Waals surface area (Å²) in [5.74, 6) is 0.292. The van der Waals surface area contributed by atoms with Crippen LogP contribution in [0.1, 0.15) is 98.0 Å². The average Bonchev–Trinajstić information content (AvgIpc) is 3.19. The summed E-state index contributed by atoms with van der Waals surface area (Å²) >= 11 is 0. The van der Waals surface area contributed by atoms with Crippen LogP contribution in [0.2, 0.25) is 0 Å². The summed E-state index contributed by atoms with van der Waals surface area (Å²) in [5, 5.41) is 5.86. The van der Waals surface area contributed by atoms with Gasteiger partial charge in [-0.25, -0.2) is 9.97 Å². The molecule has 0 unspecified atom stereocenters. The van der Waals surface area contributed by atoms with Crippen LogP contribution in [0, 0.1) is 18.8 Å². The molecule has 6 N–H and O–H groups in total. The molecule has 4 rings (SSSR count). The number of aromatic nitrogens is 4. The van der Waals surface area contributed by atoms with Crippen molar-refractivity contribution in [1.29, 1.82) is 0 Å². The number of Topliss-reactive ketones (excluding diaryl/α,β-unsaturated/α-hetero) is 2. The van der Waals surface area contributed by atoms with Crippen LogP contribution in [0.3, 0.4) is 0 Å². The predicted octanol–water partition coefficient (Wildman–Crippen LogP) is 5.41. The smallest absolute Gasteiger partial charge is 0.272 e. The first-order valence-corrected chi connectivity index (χ1v) is 19.5. The number of ether oxygens (including phenoxy) is 2. The number of amides is 2. The van der Waals surface area contributed by atoms with Crippen LogP contribution < -0.4 is 31.6 Å². The molecule has 0 aliphatic rings. The molecule has 0 saturated carbocycles. The lowest BCUT2D eigenvalue weighted by Crippen LogP contribution is -2.44. The Hall–Kier alpha value is -5.92. The Balaban J connectivity index is 1.17. The van der Waals surface area contributed by atoms with E-state index < -0.39 is 17.9 Å². The second-order valence-electron chi connectivity index (χ2n) is 14.7. The summed E-state index contributed by atoms with van der Waals surface area (Å²) in [4.78, 5) is 68.7. The van der Waals surface area contributed by atoms with Gasteiger partial charge in [0.2, 0.25) is 11.9 Å². The molecule has 57 heavy (non-hydrogen) atoms. The van der Waals surface area contributed by atoms with E-state index >= 15 is 0 Å². The first-order valence-electron chi connectivity index (χ1n) is 19.5. The number of rotatable bonds is 24. The van der Waals surface area contributed by atoms with Gasteiger partial charge in [-0.1, -0.05) is 69.5 Å². The van der Waals surface area contributed by atoms with Gasteiger partial charge in [0.25, 0.3) is 5.91 Å². The van der Waals surface area contributed by atoms with Crippen molar-refractivity contribution in [3.63, 3.8) is 0 Å². The van der Waals surface area contributed by atoms with Gasteiger partial charge >= 0.3 is 0 Å². The number of nitrogens with zero attached hydrogens (tertiary/aromatic N) is 4. The molecule has 0 spiro atoms. The predicted molar refractivity (Wildman–Crippen MR) is 219 cm³/mol. The summed E-state index contributed by atoms with van der Waals surface area (Å²) in [6, 6.07) is 12.4. The minimum absolute atomic E-state index is 0.00430. The van der Waals surface area contributed by atoms with Crippen LogP contribution in [0.5, 0.6) is 11.5 Å². The summed E-state index contributed by atoms with van der Waals surface area (Å²) in [7, 11) is 1.56. The van der Waals surface area contributed by atoms with E-state index in [0.29, 0.717) is 49.5 Å². The van der Waals surface area contributed by atoms with E-state index in [1.165, 1.54) is 18.6 Å². The van der Waals surface area contributed by atoms with Crippen molar-refractivity contribution in [2.24, 2.45) is 11.8 Å². The third-order valence-electron chi connectivity index (χ3n) is 9.49. The third kappa shape index (κ3) is 14.6. The highest BCUT2D eigenvalue weighted by Gasteiger charge is 2.29. The molecule has 2 aromatic carbocycles. The van der Waals surface area contributed by atoms with E-state index in [2.05, 4.69) is 30.6 Å². The fraction of sp³-hybridized carbons (Fsp3) is 0.442. The van der Waals surface area contributed by atoms with Crippen molar-refractivity contribution in [3.8, 4) is 11.5 Å². The third-order valence-corrected chi connectivity index (χ3v) is 9.49. The Bertz CT molecular complexity index is 1930. The standard InChI is InChI=1S/C43H56N8O6/c1-28(2)19-32(24-37(53)35(22-30-13-9-8-10-14-30)50-42(55)36-26-46-17-18-47-36)41(54)48-16-12-7-5-6-11-15-34(52)27-57-39-29(3)20-31(23-38(39)56-4)21-33-25-49-43(45)51-40(33)44/h8-10,13-14,17-18,20,23,25-26,28,32,35H,5-7,11-12,15-16,19,21-22,24,27H2,1-4H3,(H,48,54)(H,50,55)(H4,44,45,49,51)/t32-,35+/m1/s1. The topological polar surface area (TPSA) is 214 Å². The van der Waals surface area contributed by atoms with Gasteiger partial charge in [0, 0.05) is 55.9 Å². The number of hydrogen-bond donors (Lipinski definition) is 4. The Morgan fingerprint density at radius 3 is 2.35 bits per heavy atom. The number of aryl methyl sites for hydroxylation is 1. The van der Waals surface area contributed by atoms with Crippen molar-refractivity contribution >= 4 is 35.1 Å². The largest absolute Gasteiger partial charge is 0.493 e. The van der Waals surface area contributed by atoms with Gasteiger partial charge in [0.1, 0.15) is 18.1 Å². The Morgan fingerprint density at radius 2 is 1.65 bits per heavy atom. The molecule has 2 heterocycles. The summed E-state index contributed by atoms with van der Waals surface area (Å²) in [6.07, 6.45) is 11.8. The number of methoxy groups -OCH3 is 1. The molecule has 2 atom stereocenters. The summed E-state index contributed by atoms with van der Waals surface area (Å²) < 4.78 is 11.5. The van der Waals surface area contributed by atoms with Crippen LogP contribution in [0.25, 0.3) is 0 Å². The molecule has 2 amide bonds. The number of carbonyl (C=O) groups excluding carboxylic acids is 4. The van der Waals surface area contributed by atoms with Crippen LogP contribution in [-0.2, 0) is 27.2 Å². The highest BCUT2D eigenvalue weighted by Crippen LogP contribution is 2.33. The molecule has 0 aliphatic carbocycles. The number of ketones is 2. The maximum absolute atomic E-state index is 13.7. The second kappa shape index (κ2) is 22.6. The van der Waals surface area contributed by atoms with Crippen molar-refractivity contribution in [2.45, 2.75) is 91.0 Å². The minimum atomic E-state index is -0.829. The summed E-state index contributed by atoms with van der Waals surface area (Å²) in [6.45, 7) is 6.38. The molecule has 0 bridgehead atoms. The van der Waals surface area contributed by atoms with Crippen molar-refractivity contribution in [2.75, 3.05) is 31.7 Å². The van der Waals surface area contributed by atoms with Gasteiger partial charge in [-0.15, -0.1) is 0 Å². The van der Waals surface area contributed by atoms with Gasteiger partial charge in [-0.2, -0.15) is 4.98 Å². The van der Waals surface area contributed by atoms with E-state index in [9.17, 15) is 19.2 Å². The van der Waals surface area contributed by atoms with Gasteiger partial charge < -0.3 is 31.6 Å². The second-order valence-corrected chi connectivity index (χ2v) is 14.7. The number of hydrogen-bond acceptors (Lipinski definition) is 12. The van der Waals surface area contributed by atoms with Crippen molar-refractivity contribution in [3.05, 3.63) is 95.2 Å². The molecular formula is C43H56N8O6. The Labute approximate surface area is 335 Å². The van der Waals surface area contributed by atoms with E-state index in [1.54, 1.807) is 13.3 Å². The first kappa shape index (κ1) is 43.8. The van der Waals surface area contributed by atoms with Crippen LogP contribution in [0.15, 0.2) is 67.3 Å². The highest BCUT2D eigenvalue weighted by atomic mass is 16.5. The fourth-order valence-electron chi connectivity index (χ4n) is 6.58. The molecule has 4 aromatic rings. The van der Waals surface area contributed by atoms with Crippen molar-refractivity contribution in [1.82, 2.24) is 30.6 Å². The zero-order valence-electron chi connectivity index (χ0n) is 33.5.